The van der Waals surface area contributed by atoms with Gasteiger partial charge in [-0.15, -0.1) is 4.36 Å². The normalized spacial score (nSPS) is 21.1. The maximum absolute atomic E-state index is 13.0. The lowest BCUT2D eigenvalue weighted by molar-refractivity contribution is 0.0949. The van der Waals surface area contributed by atoms with E-state index in [2.05, 4.69) is 21.5 Å². The summed E-state index contributed by atoms with van der Waals surface area (Å²) in [5, 5.41) is 11.1. The molecule has 0 saturated carbocycles. The maximum Gasteiger partial charge on any atom is 0.349 e. The van der Waals surface area contributed by atoms with Crippen LogP contribution in [0.1, 0.15) is 27.7 Å². The molecule has 0 radical (unpaired) electrons. The Labute approximate surface area is 133 Å². The molecular weight excluding hydrogens is 304 g/mol. The van der Waals surface area contributed by atoms with Crippen molar-refractivity contribution in [2.75, 3.05) is 37.9 Å². The van der Waals surface area contributed by atoms with E-state index in [4.69, 9.17) is 9.84 Å². The smallest absolute Gasteiger partial charge is 0.349 e. The second kappa shape index (κ2) is 7.44. The second-order valence-electron chi connectivity index (χ2n) is 6.74. The first-order valence-corrected chi connectivity index (χ1v) is 9.16. The zero-order chi connectivity index (χ0) is 16.9. The SMILES string of the molecule is CC1(C)C#CC(C)(C)CS(=O)(=NC(=O)NCCOCCO)C1. The Balaban J connectivity index is 2.75. The quantitative estimate of drug-likeness (QED) is 0.586. The van der Waals surface area contributed by atoms with E-state index in [9.17, 15) is 9.00 Å². The van der Waals surface area contributed by atoms with E-state index in [0.29, 0.717) is 0 Å². The Hall–Kier alpha value is -1.10. The van der Waals surface area contributed by atoms with Crippen molar-refractivity contribution < 1.29 is 18.8 Å². The summed E-state index contributed by atoms with van der Waals surface area (Å²) < 4.78 is 22.0. The number of nitrogens with zero attached hydrogens (tertiary/aromatic N) is 1. The molecule has 22 heavy (non-hydrogen) atoms. The Morgan fingerprint density at radius 3 is 2.27 bits per heavy atom. The van der Waals surface area contributed by atoms with Crippen molar-refractivity contribution in [3.8, 4) is 11.8 Å². The maximum atomic E-state index is 13.0. The molecule has 0 aliphatic carbocycles. The summed E-state index contributed by atoms with van der Waals surface area (Å²) in [7, 11) is -2.68. The lowest BCUT2D eigenvalue weighted by atomic mass is 9.92. The van der Waals surface area contributed by atoms with Crippen LogP contribution in [0, 0.1) is 22.7 Å². The monoisotopic (exact) mass is 330 g/mol. The molecule has 6 nitrogen and oxygen atoms in total. The van der Waals surface area contributed by atoms with E-state index in [1.165, 1.54) is 0 Å². The van der Waals surface area contributed by atoms with Crippen LogP contribution in [0.3, 0.4) is 0 Å². The number of carbonyl (C=O) groups excluding carboxylic acids is 1. The Bertz CT molecular complexity index is 550. The number of carbonyl (C=O) groups is 1. The molecule has 0 aromatic carbocycles. The predicted octanol–water partition coefficient (Wildman–Crippen LogP) is 1.24. The summed E-state index contributed by atoms with van der Waals surface area (Å²) in [6.45, 7) is 8.37. The average molecular weight is 330 g/mol. The third-order valence-corrected chi connectivity index (χ3v) is 5.76. The van der Waals surface area contributed by atoms with Crippen LogP contribution in [0.15, 0.2) is 4.36 Å². The van der Waals surface area contributed by atoms with Crippen LogP contribution in [-0.4, -0.2) is 53.2 Å². The van der Waals surface area contributed by atoms with E-state index >= 15 is 0 Å². The van der Waals surface area contributed by atoms with E-state index in [0.717, 1.165) is 0 Å². The highest BCUT2D eigenvalue weighted by atomic mass is 32.2. The van der Waals surface area contributed by atoms with E-state index in [-0.39, 0.29) is 37.9 Å². The molecule has 0 saturated heterocycles. The van der Waals surface area contributed by atoms with Crippen molar-refractivity contribution in [1.82, 2.24) is 5.32 Å². The molecule has 0 fully saturated rings. The van der Waals surface area contributed by atoms with Crippen LogP contribution in [0.4, 0.5) is 4.79 Å². The van der Waals surface area contributed by atoms with Gasteiger partial charge in [-0.1, -0.05) is 11.8 Å². The number of amides is 2. The largest absolute Gasteiger partial charge is 0.394 e. The van der Waals surface area contributed by atoms with Crippen molar-refractivity contribution in [1.29, 1.82) is 0 Å². The molecule has 7 heteroatoms. The van der Waals surface area contributed by atoms with E-state index in [1.807, 2.05) is 27.7 Å². The summed E-state index contributed by atoms with van der Waals surface area (Å²) in [5.41, 5.74) is -0.863. The molecule has 2 amide bonds. The fraction of sp³-hybridized carbons (Fsp3) is 0.800. The summed E-state index contributed by atoms with van der Waals surface area (Å²) in [4.78, 5) is 11.9. The minimum Gasteiger partial charge on any atom is -0.394 e. The van der Waals surface area contributed by atoms with Crippen molar-refractivity contribution in [2.45, 2.75) is 27.7 Å². The van der Waals surface area contributed by atoms with Gasteiger partial charge in [0.1, 0.15) is 0 Å². The molecule has 2 N–H and O–H groups in total. The van der Waals surface area contributed by atoms with Gasteiger partial charge in [0.15, 0.2) is 0 Å². The van der Waals surface area contributed by atoms with Crippen LogP contribution in [0.2, 0.25) is 0 Å². The standard InChI is InChI=1S/C15H26N2O4S/c1-14(2)5-6-15(3,4)12-22(20,11-14)17-13(19)16-7-9-21-10-8-18/h18H,7-12H2,1-4H3,(H,16,19). The fourth-order valence-electron chi connectivity index (χ4n) is 2.23. The Kier molecular flexibility index (Phi) is 6.41. The van der Waals surface area contributed by atoms with Crippen molar-refractivity contribution >= 4 is 15.8 Å². The number of urea groups is 1. The van der Waals surface area contributed by atoms with Gasteiger partial charge < -0.3 is 15.2 Å². The number of nitrogens with one attached hydrogen (secondary N) is 1. The zero-order valence-corrected chi connectivity index (χ0v) is 14.6. The number of ether oxygens (including phenoxy) is 1. The highest BCUT2D eigenvalue weighted by molar-refractivity contribution is 7.94. The molecule has 1 rings (SSSR count). The van der Waals surface area contributed by atoms with Crippen molar-refractivity contribution in [3.05, 3.63) is 0 Å². The van der Waals surface area contributed by atoms with Crippen LogP contribution < -0.4 is 5.32 Å². The van der Waals surface area contributed by atoms with E-state index in [1.54, 1.807) is 0 Å². The molecule has 0 atom stereocenters. The topological polar surface area (TPSA) is 88.0 Å². The number of rotatable bonds is 5. The number of aliphatic hydroxyl groups excluding tert-OH is 1. The second-order valence-corrected chi connectivity index (χ2v) is 9.04. The van der Waals surface area contributed by atoms with Gasteiger partial charge in [-0.3, -0.25) is 0 Å². The summed E-state index contributed by atoms with van der Waals surface area (Å²) in [5.74, 6) is 6.85. The Morgan fingerprint density at radius 2 is 1.77 bits per heavy atom. The van der Waals surface area contributed by atoms with Crippen LogP contribution in [0.25, 0.3) is 0 Å². The van der Waals surface area contributed by atoms with Gasteiger partial charge in [0.05, 0.1) is 29.5 Å². The van der Waals surface area contributed by atoms with Crippen LogP contribution in [0.5, 0.6) is 0 Å². The first-order chi connectivity index (χ1) is 10.1. The third-order valence-electron chi connectivity index (χ3n) is 2.92. The molecule has 0 spiro atoms. The highest BCUT2D eigenvalue weighted by Crippen LogP contribution is 2.28. The molecule has 0 aromatic rings. The molecule has 126 valence electrons. The summed E-state index contributed by atoms with van der Waals surface area (Å²) in [6, 6.07) is -0.592. The minimum absolute atomic E-state index is 0.0592. The van der Waals surface area contributed by atoms with Gasteiger partial charge in [-0.25, -0.2) is 9.00 Å². The van der Waals surface area contributed by atoms with Gasteiger partial charge in [0, 0.05) is 28.9 Å². The molecule has 1 aliphatic rings. The van der Waals surface area contributed by atoms with Gasteiger partial charge in [0.2, 0.25) is 0 Å². The molecule has 0 unspecified atom stereocenters. The van der Waals surface area contributed by atoms with Gasteiger partial charge in [-0.05, 0) is 27.7 Å². The van der Waals surface area contributed by atoms with Crippen molar-refractivity contribution in [3.63, 3.8) is 0 Å². The molecule has 0 bridgehead atoms. The van der Waals surface area contributed by atoms with Crippen molar-refractivity contribution in [2.24, 2.45) is 15.2 Å². The lowest BCUT2D eigenvalue weighted by Gasteiger charge is -2.21. The third kappa shape index (κ3) is 6.77. The summed E-state index contributed by atoms with van der Waals surface area (Å²) in [6.07, 6.45) is 0. The Morgan fingerprint density at radius 1 is 1.23 bits per heavy atom. The molecule has 0 aromatic heterocycles. The average Bonchev–Trinajstić information content (AvgIpc) is 2.42. The number of hydrogen-bond donors (Lipinski definition) is 2. The minimum atomic E-state index is -2.68. The van der Waals surface area contributed by atoms with Crippen LogP contribution in [-0.2, 0) is 14.5 Å². The summed E-state index contributed by atoms with van der Waals surface area (Å²) >= 11 is 0. The lowest BCUT2D eigenvalue weighted by Crippen LogP contribution is -2.31. The fourth-order valence-corrected chi connectivity index (χ4v) is 5.23. The molecule has 1 aliphatic heterocycles. The van der Waals surface area contributed by atoms with Gasteiger partial charge in [-0.2, -0.15) is 0 Å². The zero-order valence-electron chi connectivity index (χ0n) is 13.8. The molecule has 1 heterocycles. The van der Waals surface area contributed by atoms with E-state index < -0.39 is 26.6 Å². The molecular formula is C15H26N2O4S. The highest BCUT2D eigenvalue weighted by Gasteiger charge is 2.32. The van der Waals surface area contributed by atoms with Crippen LogP contribution >= 0.6 is 0 Å². The van der Waals surface area contributed by atoms with Gasteiger partial charge in [0.25, 0.3) is 0 Å². The number of hydrogen-bond acceptors (Lipinski definition) is 4. The first-order valence-electron chi connectivity index (χ1n) is 7.31. The first kappa shape index (κ1) is 18.9. The number of aliphatic hydroxyl groups is 1. The van der Waals surface area contributed by atoms with Gasteiger partial charge >= 0.3 is 6.03 Å². The predicted molar refractivity (Wildman–Crippen MR) is 86.9 cm³/mol.